The fourth-order valence-electron chi connectivity index (χ4n) is 3.37. The van der Waals surface area contributed by atoms with Crippen LogP contribution >= 0.6 is 0 Å². The minimum atomic E-state index is -4.47. The maximum absolute atomic E-state index is 13.2. The quantitative estimate of drug-likeness (QED) is 0.706. The number of ketones is 2. The van der Waals surface area contributed by atoms with Crippen molar-refractivity contribution in [2.75, 3.05) is 19.7 Å². The van der Waals surface area contributed by atoms with Crippen molar-refractivity contribution in [3.8, 4) is 0 Å². The standard InChI is InChI=1S/C21H16F3NO3Se/c22-21(23,24)12-4-3-5-13(10-12)29-20-17(16-11-25-8-9-28-16)18(26)14-6-1-2-7-15(14)19(20)27/h1-7,10,16,25H,8-9,11H2. The molecule has 0 spiro atoms. The van der Waals surface area contributed by atoms with Crippen LogP contribution in [0.1, 0.15) is 26.3 Å². The molecule has 2 aromatic carbocycles. The second kappa shape index (κ2) is 7.88. The number of nitrogens with one attached hydrogen (secondary N) is 1. The molecule has 0 amide bonds. The second-order valence-corrected chi connectivity index (χ2v) is 8.91. The van der Waals surface area contributed by atoms with Crippen LogP contribution in [0.5, 0.6) is 0 Å². The first kappa shape index (κ1) is 20.0. The van der Waals surface area contributed by atoms with Gasteiger partial charge in [-0.2, -0.15) is 0 Å². The molecule has 0 aromatic heterocycles. The number of halogens is 3. The number of ether oxygens (including phenoxy) is 1. The van der Waals surface area contributed by atoms with Gasteiger partial charge in [0.2, 0.25) is 0 Å². The average molecular weight is 466 g/mol. The van der Waals surface area contributed by atoms with Gasteiger partial charge in [0.15, 0.2) is 0 Å². The van der Waals surface area contributed by atoms with Gasteiger partial charge in [-0.05, 0) is 0 Å². The van der Waals surface area contributed by atoms with E-state index >= 15 is 0 Å². The number of Topliss-reactive ketones (excluding diaryl/α,β-unsaturated/α-hetero) is 2. The summed E-state index contributed by atoms with van der Waals surface area (Å²) >= 11 is -0.780. The van der Waals surface area contributed by atoms with Crippen molar-refractivity contribution in [2.45, 2.75) is 12.3 Å². The van der Waals surface area contributed by atoms with Crippen LogP contribution in [0.3, 0.4) is 0 Å². The molecule has 0 radical (unpaired) electrons. The summed E-state index contributed by atoms with van der Waals surface area (Å²) in [5, 5.41) is 3.14. The first-order chi connectivity index (χ1) is 13.9. The molecule has 1 aliphatic carbocycles. The molecule has 1 aliphatic heterocycles. The predicted molar refractivity (Wildman–Crippen MR) is 102 cm³/mol. The Bertz CT molecular complexity index is 1010. The second-order valence-electron chi connectivity index (χ2n) is 6.64. The number of fused-ring (bicyclic) bond motifs is 1. The molecule has 1 fully saturated rings. The van der Waals surface area contributed by atoms with Crippen molar-refractivity contribution in [3.63, 3.8) is 0 Å². The Hall–Kier alpha value is -2.25. The molecule has 8 heteroatoms. The van der Waals surface area contributed by atoms with Crippen molar-refractivity contribution in [1.29, 1.82) is 0 Å². The summed E-state index contributed by atoms with van der Waals surface area (Å²) in [6.07, 6.45) is -5.07. The number of benzene rings is 2. The topological polar surface area (TPSA) is 55.4 Å². The molecule has 1 atom stereocenters. The Morgan fingerprint density at radius 2 is 1.72 bits per heavy atom. The van der Waals surface area contributed by atoms with E-state index in [9.17, 15) is 22.8 Å². The SMILES string of the molecule is O=C1C([Se]c2cccc(C(F)(F)F)c2)=C(C2CNCCO2)C(=O)c2ccccc21. The van der Waals surface area contributed by atoms with Gasteiger partial charge in [0.05, 0.1) is 0 Å². The molecule has 1 unspecified atom stereocenters. The summed E-state index contributed by atoms with van der Waals surface area (Å²) in [7, 11) is 0. The van der Waals surface area contributed by atoms with Crippen LogP contribution in [0.15, 0.2) is 58.6 Å². The molecule has 4 rings (SSSR count). The number of carbonyl (C=O) groups excluding carboxylic acids is 2. The number of hydrogen-bond donors (Lipinski definition) is 1. The Labute approximate surface area is 171 Å². The Balaban J connectivity index is 1.80. The van der Waals surface area contributed by atoms with Crippen molar-refractivity contribution in [3.05, 3.63) is 75.3 Å². The van der Waals surface area contributed by atoms with Crippen LogP contribution in [0.25, 0.3) is 0 Å². The van der Waals surface area contributed by atoms with Gasteiger partial charge in [0, 0.05) is 0 Å². The molecule has 29 heavy (non-hydrogen) atoms. The third-order valence-electron chi connectivity index (χ3n) is 4.74. The molecular weight excluding hydrogens is 450 g/mol. The predicted octanol–water partition coefficient (Wildman–Crippen LogP) is 2.36. The molecule has 1 saturated heterocycles. The number of rotatable bonds is 3. The maximum atomic E-state index is 13.2. The Morgan fingerprint density at radius 3 is 2.38 bits per heavy atom. The molecule has 1 N–H and O–H groups in total. The number of carbonyl (C=O) groups is 2. The van der Waals surface area contributed by atoms with Crippen LogP contribution in [-0.4, -0.2) is 52.3 Å². The Morgan fingerprint density at radius 1 is 1.00 bits per heavy atom. The molecule has 4 nitrogen and oxygen atoms in total. The number of hydrogen-bond acceptors (Lipinski definition) is 4. The van der Waals surface area contributed by atoms with E-state index in [0.717, 1.165) is 12.1 Å². The number of morpholine rings is 1. The molecular formula is C21H16F3NO3Se. The van der Waals surface area contributed by atoms with Gasteiger partial charge in [-0.3, -0.25) is 0 Å². The van der Waals surface area contributed by atoms with E-state index in [-0.39, 0.29) is 27.2 Å². The summed E-state index contributed by atoms with van der Waals surface area (Å²) in [5.41, 5.74) is 0.0852. The van der Waals surface area contributed by atoms with Gasteiger partial charge in [0.25, 0.3) is 0 Å². The molecule has 0 saturated carbocycles. The van der Waals surface area contributed by atoms with E-state index in [1.807, 2.05) is 0 Å². The average Bonchev–Trinajstić information content (AvgIpc) is 2.72. The fourth-order valence-corrected chi connectivity index (χ4v) is 5.69. The summed E-state index contributed by atoms with van der Waals surface area (Å²) in [4.78, 5) is 26.4. The van der Waals surface area contributed by atoms with Gasteiger partial charge in [-0.25, -0.2) is 0 Å². The summed E-state index contributed by atoms with van der Waals surface area (Å²) in [6, 6.07) is 11.4. The zero-order valence-electron chi connectivity index (χ0n) is 15.1. The summed E-state index contributed by atoms with van der Waals surface area (Å²) in [5.74, 6) is -0.612. The van der Waals surface area contributed by atoms with Gasteiger partial charge in [-0.1, -0.05) is 0 Å². The van der Waals surface area contributed by atoms with Gasteiger partial charge in [-0.15, -0.1) is 0 Å². The van der Waals surface area contributed by atoms with Crippen molar-refractivity contribution in [2.24, 2.45) is 0 Å². The van der Waals surface area contributed by atoms with E-state index in [1.54, 1.807) is 30.3 Å². The van der Waals surface area contributed by atoms with Crippen molar-refractivity contribution >= 4 is 31.0 Å². The normalized spacial score (nSPS) is 20.0. The van der Waals surface area contributed by atoms with Gasteiger partial charge in [0.1, 0.15) is 0 Å². The summed E-state index contributed by atoms with van der Waals surface area (Å²) in [6.45, 7) is 1.40. The monoisotopic (exact) mass is 467 g/mol. The zero-order valence-corrected chi connectivity index (χ0v) is 16.8. The molecule has 0 bridgehead atoms. The van der Waals surface area contributed by atoms with E-state index in [1.165, 1.54) is 6.07 Å². The van der Waals surface area contributed by atoms with Crippen LogP contribution in [0, 0.1) is 0 Å². The van der Waals surface area contributed by atoms with Crippen molar-refractivity contribution < 1.29 is 27.5 Å². The molecule has 2 aromatic rings. The van der Waals surface area contributed by atoms with Crippen molar-refractivity contribution in [1.82, 2.24) is 5.32 Å². The van der Waals surface area contributed by atoms with Crippen LogP contribution in [0.4, 0.5) is 13.2 Å². The fraction of sp³-hybridized carbons (Fsp3) is 0.238. The van der Waals surface area contributed by atoms with Gasteiger partial charge >= 0.3 is 171 Å². The first-order valence-electron chi connectivity index (χ1n) is 8.96. The molecule has 1 heterocycles. The van der Waals surface area contributed by atoms with E-state index in [4.69, 9.17) is 4.74 Å². The summed E-state index contributed by atoms with van der Waals surface area (Å²) < 4.78 is 45.7. The van der Waals surface area contributed by atoms with E-state index in [0.29, 0.717) is 29.7 Å². The van der Waals surface area contributed by atoms with E-state index in [2.05, 4.69) is 5.32 Å². The molecule has 2 aliphatic rings. The van der Waals surface area contributed by atoms with Gasteiger partial charge < -0.3 is 0 Å². The van der Waals surface area contributed by atoms with E-state index < -0.39 is 32.8 Å². The Kier molecular flexibility index (Phi) is 5.44. The number of alkyl halides is 3. The third-order valence-corrected chi connectivity index (χ3v) is 7.05. The zero-order chi connectivity index (χ0) is 20.6. The number of allylic oxidation sites excluding steroid dienone is 1. The van der Waals surface area contributed by atoms with Crippen LogP contribution in [0.2, 0.25) is 0 Å². The molecule has 150 valence electrons. The third kappa shape index (κ3) is 3.94. The van der Waals surface area contributed by atoms with Crippen LogP contribution < -0.4 is 9.78 Å². The van der Waals surface area contributed by atoms with Crippen LogP contribution in [-0.2, 0) is 10.9 Å². The first-order valence-corrected chi connectivity index (χ1v) is 10.7. The minimum absolute atomic E-state index is 0.259.